The van der Waals surface area contributed by atoms with Crippen molar-refractivity contribution in [2.24, 2.45) is 0 Å². The molecular formula is C22H24N2O3S. The van der Waals surface area contributed by atoms with E-state index in [1.54, 1.807) is 6.26 Å². The molecule has 0 fully saturated rings. The highest BCUT2D eigenvalue weighted by atomic mass is 32.2. The molecule has 0 unspecified atom stereocenters. The lowest BCUT2D eigenvalue weighted by molar-refractivity contribution is -0.118. The summed E-state index contributed by atoms with van der Waals surface area (Å²) in [6.45, 7) is 3.71. The summed E-state index contributed by atoms with van der Waals surface area (Å²) in [6, 6.07) is 17.8. The SMILES string of the molecule is CCOCc1ccccc1CNC(=O)CSCc1coc(-c2ccccc2)n1. The van der Waals surface area contributed by atoms with E-state index < -0.39 is 0 Å². The average molecular weight is 397 g/mol. The minimum atomic E-state index is 0.00277. The zero-order chi connectivity index (χ0) is 19.6. The normalized spacial score (nSPS) is 10.8. The molecule has 5 nitrogen and oxygen atoms in total. The maximum atomic E-state index is 12.2. The van der Waals surface area contributed by atoms with Crippen LogP contribution in [0, 0.1) is 0 Å². The molecule has 0 aliphatic heterocycles. The van der Waals surface area contributed by atoms with Crippen LogP contribution in [0.25, 0.3) is 11.5 Å². The van der Waals surface area contributed by atoms with E-state index in [2.05, 4.69) is 10.3 Å². The number of rotatable bonds is 10. The van der Waals surface area contributed by atoms with E-state index in [-0.39, 0.29) is 5.91 Å². The van der Waals surface area contributed by atoms with Gasteiger partial charge in [-0.25, -0.2) is 4.98 Å². The number of carbonyl (C=O) groups excluding carboxylic acids is 1. The second-order valence-electron chi connectivity index (χ2n) is 6.19. The number of amides is 1. The van der Waals surface area contributed by atoms with Crippen molar-refractivity contribution in [2.75, 3.05) is 12.4 Å². The first kappa shape index (κ1) is 20.2. The van der Waals surface area contributed by atoms with Gasteiger partial charge >= 0.3 is 0 Å². The molecule has 3 aromatic rings. The Morgan fingerprint density at radius 1 is 1.11 bits per heavy atom. The van der Waals surface area contributed by atoms with Gasteiger partial charge in [-0.2, -0.15) is 0 Å². The maximum Gasteiger partial charge on any atom is 0.230 e. The van der Waals surface area contributed by atoms with Crippen LogP contribution in [-0.4, -0.2) is 23.3 Å². The standard InChI is InChI=1S/C22H24N2O3S/c1-2-26-13-19-11-7-6-10-18(19)12-23-21(25)16-28-15-20-14-27-22(24-20)17-8-4-3-5-9-17/h3-11,14H,2,12-13,15-16H2,1H3,(H,23,25). The number of thioether (sulfide) groups is 1. The Bertz CT molecular complexity index is 880. The Kier molecular flexibility index (Phi) is 7.70. The second-order valence-corrected chi connectivity index (χ2v) is 7.17. The first-order valence-electron chi connectivity index (χ1n) is 9.25. The van der Waals surface area contributed by atoms with E-state index >= 15 is 0 Å². The van der Waals surface area contributed by atoms with Crippen molar-refractivity contribution in [3.63, 3.8) is 0 Å². The van der Waals surface area contributed by atoms with Gasteiger partial charge in [-0.3, -0.25) is 4.79 Å². The van der Waals surface area contributed by atoms with Gasteiger partial charge in [0, 0.05) is 24.5 Å². The van der Waals surface area contributed by atoms with Crippen molar-refractivity contribution in [1.29, 1.82) is 0 Å². The van der Waals surface area contributed by atoms with Crippen LogP contribution in [0.2, 0.25) is 0 Å². The third kappa shape index (κ3) is 5.97. The van der Waals surface area contributed by atoms with E-state index in [0.717, 1.165) is 22.4 Å². The third-order valence-electron chi connectivity index (χ3n) is 4.11. The largest absolute Gasteiger partial charge is 0.444 e. The predicted octanol–water partition coefficient (Wildman–Crippen LogP) is 4.43. The monoisotopic (exact) mass is 396 g/mol. The number of ether oxygens (including phenoxy) is 1. The van der Waals surface area contributed by atoms with Gasteiger partial charge in [-0.15, -0.1) is 11.8 Å². The zero-order valence-electron chi connectivity index (χ0n) is 15.9. The van der Waals surface area contributed by atoms with Gasteiger partial charge in [-0.05, 0) is 30.2 Å². The third-order valence-corrected chi connectivity index (χ3v) is 5.08. The summed E-state index contributed by atoms with van der Waals surface area (Å²) in [5.41, 5.74) is 3.97. The Morgan fingerprint density at radius 2 is 1.86 bits per heavy atom. The number of carbonyl (C=O) groups is 1. The molecule has 1 amide bonds. The number of aromatic nitrogens is 1. The molecule has 28 heavy (non-hydrogen) atoms. The summed E-state index contributed by atoms with van der Waals surface area (Å²) in [6.07, 6.45) is 1.65. The molecule has 0 radical (unpaired) electrons. The first-order chi connectivity index (χ1) is 13.8. The number of nitrogens with zero attached hydrogens (tertiary/aromatic N) is 1. The molecule has 0 bridgehead atoms. The van der Waals surface area contributed by atoms with Crippen LogP contribution in [0.1, 0.15) is 23.7 Å². The van der Waals surface area contributed by atoms with Gasteiger partial charge in [0.25, 0.3) is 0 Å². The highest BCUT2D eigenvalue weighted by Gasteiger charge is 2.09. The minimum Gasteiger partial charge on any atom is -0.444 e. The summed E-state index contributed by atoms with van der Waals surface area (Å²) in [5, 5.41) is 2.97. The quantitative estimate of drug-likeness (QED) is 0.549. The molecule has 0 saturated heterocycles. The summed E-state index contributed by atoms with van der Waals surface area (Å²) in [4.78, 5) is 16.6. The van der Waals surface area contributed by atoms with Crippen LogP contribution in [0.15, 0.2) is 65.3 Å². The lowest BCUT2D eigenvalue weighted by Crippen LogP contribution is -2.25. The number of hydrogen-bond donors (Lipinski definition) is 1. The molecule has 146 valence electrons. The van der Waals surface area contributed by atoms with E-state index in [1.807, 2.05) is 61.5 Å². The highest BCUT2D eigenvalue weighted by molar-refractivity contribution is 7.99. The number of nitrogens with one attached hydrogen (secondary N) is 1. The van der Waals surface area contributed by atoms with Crippen molar-refractivity contribution in [2.45, 2.75) is 25.8 Å². The molecule has 1 aromatic heterocycles. The molecule has 6 heteroatoms. The first-order valence-corrected chi connectivity index (χ1v) is 10.4. The molecule has 0 saturated carbocycles. The van der Waals surface area contributed by atoms with Crippen LogP contribution >= 0.6 is 11.8 Å². The second kappa shape index (κ2) is 10.7. The van der Waals surface area contributed by atoms with Crippen LogP contribution in [0.3, 0.4) is 0 Å². The zero-order valence-corrected chi connectivity index (χ0v) is 16.7. The van der Waals surface area contributed by atoms with E-state index in [1.165, 1.54) is 11.8 Å². The van der Waals surface area contributed by atoms with Gasteiger partial charge < -0.3 is 14.5 Å². The fourth-order valence-electron chi connectivity index (χ4n) is 2.66. The smallest absolute Gasteiger partial charge is 0.230 e. The summed E-state index contributed by atoms with van der Waals surface area (Å²) in [5.74, 6) is 1.61. The van der Waals surface area contributed by atoms with Gasteiger partial charge in [-0.1, -0.05) is 42.5 Å². The Balaban J connectivity index is 1.42. The molecular weight excluding hydrogens is 372 g/mol. The molecule has 0 aliphatic carbocycles. The number of oxazole rings is 1. The molecule has 3 rings (SSSR count). The molecule has 0 spiro atoms. The molecule has 0 aliphatic rings. The van der Waals surface area contributed by atoms with Gasteiger partial charge in [0.05, 0.1) is 18.1 Å². The van der Waals surface area contributed by atoms with E-state index in [9.17, 15) is 4.79 Å². The molecule has 2 aromatic carbocycles. The Hall–Kier alpha value is -2.57. The molecule has 0 atom stereocenters. The van der Waals surface area contributed by atoms with Crippen LogP contribution in [0.5, 0.6) is 0 Å². The number of hydrogen-bond acceptors (Lipinski definition) is 5. The van der Waals surface area contributed by atoms with Gasteiger partial charge in [0.15, 0.2) is 0 Å². The van der Waals surface area contributed by atoms with Crippen molar-refractivity contribution in [1.82, 2.24) is 10.3 Å². The fraction of sp³-hybridized carbons (Fsp3) is 0.273. The van der Waals surface area contributed by atoms with Crippen LogP contribution in [-0.2, 0) is 28.4 Å². The highest BCUT2D eigenvalue weighted by Crippen LogP contribution is 2.20. The minimum absolute atomic E-state index is 0.00277. The van der Waals surface area contributed by atoms with Crippen molar-refractivity contribution in [3.8, 4) is 11.5 Å². The predicted molar refractivity (Wildman–Crippen MR) is 112 cm³/mol. The van der Waals surface area contributed by atoms with E-state index in [0.29, 0.717) is 37.2 Å². The topological polar surface area (TPSA) is 64.4 Å². The van der Waals surface area contributed by atoms with Gasteiger partial charge in [0.1, 0.15) is 6.26 Å². The molecule has 1 heterocycles. The van der Waals surface area contributed by atoms with Crippen molar-refractivity contribution in [3.05, 3.63) is 77.7 Å². The molecule has 1 N–H and O–H groups in total. The van der Waals surface area contributed by atoms with Gasteiger partial charge in [0.2, 0.25) is 11.8 Å². The lowest BCUT2D eigenvalue weighted by Gasteiger charge is -2.10. The Labute approximate surface area is 169 Å². The maximum absolute atomic E-state index is 12.2. The van der Waals surface area contributed by atoms with Crippen LogP contribution in [0.4, 0.5) is 0 Å². The van der Waals surface area contributed by atoms with Crippen LogP contribution < -0.4 is 5.32 Å². The summed E-state index contributed by atoms with van der Waals surface area (Å²) < 4.78 is 11.0. The average Bonchev–Trinajstić information content (AvgIpc) is 3.21. The Morgan fingerprint density at radius 3 is 2.64 bits per heavy atom. The van der Waals surface area contributed by atoms with E-state index in [4.69, 9.17) is 9.15 Å². The number of benzene rings is 2. The van der Waals surface area contributed by atoms with Crippen molar-refractivity contribution >= 4 is 17.7 Å². The fourth-order valence-corrected chi connectivity index (χ4v) is 3.39. The van der Waals surface area contributed by atoms with Crippen molar-refractivity contribution < 1.29 is 13.9 Å². The summed E-state index contributed by atoms with van der Waals surface area (Å²) in [7, 11) is 0. The summed E-state index contributed by atoms with van der Waals surface area (Å²) >= 11 is 1.52. The lowest BCUT2D eigenvalue weighted by atomic mass is 10.1.